The largest absolute Gasteiger partial charge is 0.289 e. The highest BCUT2D eigenvalue weighted by Crippen LogP contribution is 2.42. The van der Waals surface area contributed by atoms with Gasteiger partial charge >= 0.3 is 0 Å². The Morgan fingerprint density at radius 1 is 1.29 bits per heavy atom. The molecule has 1 aliphatic heterocycles. The van der Waals surface area contributed by atoms with Crippen LogP contribution in [0.5, 0.6) is 0 Å². The summed E-state index contributed by atoms with van der Waals surface area (Å²) in [6.45, 7) is 3.64. The van der Waals surface area contributed by atoms with Gasteiger partial charge in [-0.05, 0) is 17.5 Å². The number of amides is 1. The number of thiophene rings is 1. The highest BCUT2D eigenvalue weighted by molar-refractivity contribution is 7.89. The summed E-state index contributed by atoms with van der Waals surface area (Å²) in [4.78, 5) is 13.8. The predicted octanol–water partition coefficient (Wildman–Crippen LogP) is 2.45. The molecule has 0 unspecified atom stereocenters. The van der Waals surface area contributed by atoms with Gasteiger partial charge in [0.15, 0.2) is 0 Å². The van der Waals surface area contributed by atoms with Crippen molar-refractivity contribution < 1.29 is 18.4 Å². The van der Waals surface area contributed by atoms with Crippen molar-refractivity contribution in [2.75, 3.05) is 0 Å². The van der Waals surface area contributed by atoms with Crippen molar-refractivity contribution in [3.63, 3.8) is 0 Å². The van der Waals surface area contributed by atoms with E-state index in [9.17, 15) is 13.2 Å². The third-order valence-electron chi connectivity index (χ3n) is 4.04. The lowest BCUT2D eigenvalue weighted by molar-refractivity contribution is -0.134. The number of fused-ring (bicyclic) bond motifs is 1. The van der Waals surface area contributed by atoms with Crippen molar-refractivity contribution >= 4 is 27.3 Å². The number of nitrogens with zero attached hydrogens (tertiary/aromatic N) is 1. The molecule has 0 bridgehead atoms. The van der Waals surface area contributed by atoms with Gasteiger partial charge < -0.3 is 0 Å². The molecule has 0 fully saturated rings. The number of sulfonamides is 1. The number of hydrogen-bond donors (Lipinski definition) is 2. The SMILES string of the molecule is CC(C)[C@H](C(=O)NO)N1Cc2sc(-c3ccccc3)cc2S1(=O)=O. The Labute approximate surface area is 144 Å². The molecule has 2 aromatic rings. The fraction of sp³-hybridized carbons (Fsp3) is 0.312. The fourth-order valence-corrected chi connectivity index (χ4v) is 6.38. The lowest BCUT2D eigenvalue weighted by atomic mass is 10.0. The first-order chi connectivity index (χ1) is 11.4. The summed E-state index contributed by atoms with van der Waals surface area (Å²) in [5.41, 5.74) is 2.54. The number of benzene rings is 1. The van der Waals surface area contributed by atoms with Crippen molar-refractivity contribution in [1.29, 1.82) is 0 Å². The molecule has 0 saturated carbocycles. The average molecular weight is 366 g/mol. The minimum Gasteiger partial charge on any atom is -0.289 e. The molecule has 6 nitrogen and oxygen atoms in total. The first-order valence-electron chi connectivity index (χ1n) is 7.50. The zero-order valence-corrected chi connectivity index (χ0v) is 14.9. The van der Waals surface area contributed by atoms with Crippen LogP contribution in [-0.2, 0) is 21.4 Å². The second kappa shape index (κ2) is 6.29. The maximum Gasteiger partial charge on any atom is 0.262 e. The minimum atomic E-state index is -3.76. The second-order valence-electron chi connectivity index (χ2n) is 5.98. The van der Waals surface area contributed by atoms with E-state index in [1.54, 1.807) is 25.4 Å². The van der Waals surface area contributed by atoms with E-state index < -0.39 is 22.0 Å². The van der Waals surface area contributed by atoms with Gasteiger partial charge in [0.25, 0.3) is 5.91 Å². The molecule has 128 valence electrons. The van der Waals surface area contributed by atoms with E-state index in [1.165, 1.54) is 15.6 Å². The first-order valence-corrected chi connectivity index (χ1v) is 9.76. The highest BCUT2D eigenvalue weighted by atomic mass is 32.2. The molecule has 1 atom stereocenters. The van der Waals surface area contributed by atoms with Crippen LogP contribution in [-0.4, -0.2) is 29.9 Å². The van der Waals surface area contributed by atoms with E-state index in [1.807, 2.05) is 30.3 Å². The van der Waals surface area contributed by atoms with E-state index in [2.05, 4.69) is 0 Å². The maximum absolute atomic E-state index is 12.9. The van der Waals surface area contributed by atoms with Crippen LogP contribution in [0.25, 0.3) is 10.4 Å². The third-order valence-corrected chi connectivity index (χ3v) is 7.23. The molecule has 2 heterocycles. The zero-order chi connectivity index (χ0) is 17.5. The van der Waals surface area contributed by atoms with Gasteiger partial charge in [-0.15, -0.1) is 11.3 Å². The number of hydroxylamine groups is 1. The molecule has 24 heavy (non-hydrogen) atoms. The molecule has 0 saturated heterocycles. The van der Waals surface area contributed by atoms with Crippen LogP contribution in [0.3, 0.4) is 0 Å². The fourth-order valence-electron chi connectivity index (χ4n) is 2.92. The maximum atomic E-state index is 12.9. The van der Waals surface area contributed by atoms with Gasteiger partial charge in [-0.1, -0.05) is 44.2 Å². The first kappa shape index (κ1) is 17.1. The number of carbonyl (C=O) groups is 1. The van der Waals surface area contributed by atoms with Gasteiger partial charge in [0.1, 0.15) is 6.04 Å². The molecule has 1 aromatic carbocycles. The number of hydrogen-bond acceptors (Lipinski definition) is 5. The summed E-state index contributed by atoms with van der Waals surface area (Å²) in [6, 6.07) is 10.3. The monoisotopic (exact) mass is 366 g/mol. The Morgan fingerprint density at radius 2 is 1.96 bits per heavy atom. The number of carbonyl (C=O) groups excluding carboxylic acids is 1. The summed E-state index contributed by atoms with van der Waals surface area (Å²) in [6.07, 6.45) is 0. The second-order valence-corrected chi connectivity index (χ2v) is 8.98. The van der Waals surface area contributed by atoms with Crippen LogP contribution in [0.2, 0.25) is 0 Å². The smallest absolute Gasteiger partial charge is 0.262 e. The molecule has 1 aromatic heterocycles. The lowest BCUT2D eigenvalue weighted by Gasteiger charge is -2.27. The summed E-state index contributed by atoms with van der Waals surface area (Å²) in [7, 11) is -3.76. The number of rotatable bonds is 4. The summed E-state index contributed by atoms with van der Waals surface area (Å²) < 4.78 is 26.9. The van der Waals surface area contributed by atoms with E-state index in [4.69, 9.17) is 5.21 Å². The Kier molecular flexibility index (Phi) is 4.48. The molecule has 0 aliphatic carbocycles. The van der Waals surface area contributed by atoms with Gasteiger partial charge in [0.05, 0.1) is 11.4 Å². The van der Waals surface area contributed by atoms with Gasteiger partial charge in [-0.2, -0.15) is 4.31 Å². The van der Waals surface area contributed by atoms with Gasteiger partial charge in [0, 0.05) is 9.75 Å². The normalized spacial score (nSPS) is 17.7. The van der Waals surface area contributed by atoms with E-state index >= 15 is 0 Å². The van der Waals surface area contributed by atoms with Crippen LogP contribution in [0.1, 0.15) is 18.7 Å². The Balaban J connectivity index is 1.99. The van der Waals surface area contributed by atoms with Crippen LogP contribution >= 0.6 is 11.3 Å². The molecule has 1 amide bonds. The Morgan fingerprint density at radius 3 is 2.50 bits per heavy atom. The minimum absolute atomic E-state index is 0.144. The van der Waals surface area contributed by atoms with Crippen molar-refractivity contribution in [3.05, 3.63) is 41.3 Å². The van der Waals surface area contributed by atoms with Gasteiger partial charge in [0.2, 0.25) is 10.0 Å². The van der Waals surface area contributed by atoms with Crippen LogP contribution in [0, 0.1) is 5.92 Å². The topological polar surface area (TPSA) is 86.7 Å². The van der Waals surface area contributed by atoms with Crippen LogP contribution in [0.15, 0.2) is 41.3 Å². The Bertz CT molecular complexity index is 859. The summed E-state index contributed by atoms with van der Waals surface area (Å²) in [5, 5.41) is 8.93. The van der Waals surface area contributed by atoms with E-state index in [-0.39, 0.29) is 17.4 Å². The van der Waals surface area contributed by atoms with Crippen molar-refractivity contribution in [2.24, 2.45) is 5.92 Å². The lowest BCUT2D eigenvalue weighted by Crippen LogP contribution is -2.49. The molecule has 0 spiro atoms. The quantitative estimate of drug-likeness (QED) is 0.643. The van der Waals surface area contributed by atoms with E-state index in [0.717, 1.165) is 10.4 Å². The molecule has 0 radical (unpaired) electrons. The third kappa shape index (κ3) is 2.75. The van der Waals surface area contributed by atoms with Crippen LogP contribution in [0.4, 0.5) is 0 Å². The number of nitrogens with one attached hydrogen (secondary N) is 1. The molecule has 8 heteroatoms. The van der Waals surface area contributed by atoms with Crippen LogP contribution < -0.4 is 5.48 Å². The van der Waals surface area contributed by atoms with E-state index in [0.29, 0.717) is 4.88 Å². The summed E-state index contributed by atoms with van der Waals surface area (Å²) in [5.74, 6) is -0.985. The zero-order valence-electron chi connectivity index (χ0n) is 13.3. The predicted molar refractivity (Wildman–Crippen MR) is 91.0 cm³/mol. The Hall–Kier alpha value is -1.74. The van der Waals surface area contributed by atoms with Gasteiger partial charge in [-0.25, -0.2) is 13.9 Å². The van der Waals surface area contributed by atoms with Gasteiger partial charge in [-0.3, -0.25) is 10.0 Å². The molecular weight excluding hydrogens is 348 g/mol. The van der Waals surface area contributed by atoms with Crippen molar-refractivity contribution in [3.8, 4) is 10.4 Å². The standard InChI is InChI=1S/C16H18N2O4S2/c1-10(2)15(16(19)17-20)18-9-13-14(24(18,21)22)8-12(23-13)11-6-4-3-5-7-11/h3-8,10,15,20H,9H2,1-2H3,(H,17,19)/t15-/m1/s1. The van der Waals surface area contributed by atoms with Crippen molar-refractivity contribution in [1.82, 2.24) is 9.79 Å². The molecule has 3 rings (SSSR count). The van der Waals surface area contributed by atoms with Crippen molar-refractivity contribution in [2.45, 2.75) is 31.3 Å². The molecule has 2 N–H and O–H groups in total. The molecular formula is C16H18N2O4S2. The highest BCUT2D eigenvalue weighted by Gasteiger charge is 2.44. The molecule has 1 aliphatic rings. The average Bonchev–Trinajstić information content (AvgIpc) is 3.07. The summed E-state index contributed by atoms with van der Waals surface area (Å²) >= 11 is 1.41.